The molecule has 0 aliphatic rings. The summed E-state index contributed by atoms with van der Waals surface area (Å²) in [6.45, 7) is 16.5. The van der Waals surface area contributed by atoms with Gasteiger partial charge in [-0.25, -0.2) is 0 Å². The van der Waals surface area contributed by atoms with Crippen molar-refractivity contribution >= 4 is 0 Å². The van der Waals surface area contributed by atoms with E-state index in [0.29, 0.717) is 0 Å². The van der Waals surface area contributed by atoms with E-state index in [-0.39, 0.29) is 0 Å². The van der Waals surface area contributed by atoms with E-state index >= 15 is 0 Å². The first-order valence-electron chi connectivity index (χ1n) is 5.65. The van der Waals surface area contributed by atoms with E-state index < -0.39 is 0 Å². The maximum atomic E-state index is 7.50. The van der Waals surface area contributed by atoms with Gasteiger partial charge < -0.3 is 0 Å². The summed E-state index contributed by atoms with van der Waals surface area (Å²) in [4.78, 5) is 0. The second kappa shape index (κ2) is 37.5. The molecule has 0 bridgehead atoms. The molecule has 0 radical (unpaired) electrons. The molecule has 1 heteroatoms. The van der Waals surface area contributed by atoms with E-state index in [0.717, 1.165) is 5.56 Å². The Morgan fingerprint density at radius 3 is 1.38 bits per heavy atom. The molecule has 0 saturated heterocycles. The molecule has 0 fully saturated rings. The van der Waals surface area contributed by atoms with Crippen LogP contribution in [-0.4, -0.2) is 0 Å². The van der Waals surface area contributed by atoms with Crippen LogP contribution in [0.5, 0.6) is 0 Å². The molecule has 90 valence electrons. The van der Waals surface area contributed by atoms with Gasteiger partial charge in [0.2, 0.25) is 0 Å². The Balaban J connectivity index is -0.0000000771. The second-order valence-electron chi connectivity index (χ2n) is 1.51. The van der Waals surface area contributed by atoms with Crippen LogP contribution in [0, 0.1) is 19.0 Å². The fourth-order valence-corrected chi connectivity index (χ4v) is 0.534. The Bertz CT molecular complexity index is 229. The molecular weight excluding hydrogens is 196 g/mol. The van der Waals surface area contributed by atoms with E-state index in [1.54, 1.807) is 0 Å². The van der Waals surface area contributed by atoms with Gasteiger partial charge in [-0.2, -0.15) is 0 Å². The molecule has 1 rings (SSSR count). The third-order valence-electron chi connectivity index (χ3n) is 0.940. The molecule has 0 heterocycles. The fraction of sp³-hybridized carbons (Fsp3) is 0.400. The Labute approximate surface area is 102 Å². The monoisotopic (exact) mass is 220 g/mol. The van der Waals surface area contributed by atoms with E-state index in [9.17, 15) is 0 Å². The summed E-state index contributed by atoms with van der Waals surface area (Å²) in [5.41, 5.74) is 0.938. The zero-order valence-electron chi connectivity index (χ0n) is 11.4. The molecule has 0 unspecified atom stereocenters. The molecular formula is C15H24O. The van der Waals surface area contributed by atoms with Crippen LogP contribution in [0.3, 0.4) is 0 Å². The Hall–Kier alpha value is -1.48. The summed E-state index contributed by atoms with van der Waals surface area (Å²) in [5, 5.41) is 0. The van der Waals surface area contributed by atoms with Crippen molar-refractivity contribution in [2.75, 3.05) is 0 Å². The Kier molecular flexibility index (Phi) is 56.2. The number of rotatable bonds is 0. The van der Waals surface area contributed by atoms with Gasteiger partial charge in [0.1, 0.15) is 0 Å². The van der Waals surface area contributed by atoms with Gasteiger partial charge in [-0.05, 0) is 12.1 Å². The number of benzene rings is 1. The van der Waals surface area contributed by atoms with Crippen molar-refractivity contribution in [3.63, 3.8) is 0 Å². The van der Waals surface area contributed by atoms with Crippen molar-refractivity contribution in [3.05, 3.63) is 42.5 Å². The number of hydrogen-bond donors (Lipinski definition) is 0. The maximum absolute atomic E-state index is 7.50. The van der Waals surface area contributed by atoms with Gasteiger partial charge in [0.15, 0.2) is 0 Å². The summed E-state index contributed by atoms with van der Waals surface area (Å²) in [6.07, 6.45) is 5.10. The molecule has 0 N–H and O–H groups in total. The Morgan fingerprint density at radius 1 is 0.875 bits per heavy atom. The van der Waals surface area contributed by atoms with Gasteiger partial charge in [-0.3, -0.25) is 0 Å². The van der Waals surface area contributed by atoms with Crippen LogP contribution in [0.2, 0.25) is 0 Å². The van der Waals surface area contributed by atoms with Crippen LogP contribution < -0.4 is 0 Å². The van der Waals surface area contributed by atoms with Crippen LogP contribution in [0.1, 0.15) is 47.1 Å². The van der Waals surface area contributed by atoms with Gasteiger partial charge in [0, 0.05) is 5.56 Å². The zero-order chi connectivity index (χ0) is 13.8. The first-order valence-corrected chi connectivity index (χ1v) is 5.65. The zero-order valence-corrected chi connectivity index (χ0v) is 11.4. The molecule has 1 aromatic rings. The van der Waals surface area contributed by atoms with Crippen molar-refractivity contribution in [3.8, 4) is 12.3 Å². The molecule has 0 saturated carbocycles. The first-order chi connectivity index (χ1) is 7.93. The minimum atomic E-state index is 0.938. The standard InChI is InChI=1S/C8H6.3C2H6.CO/c1-2-8-6-4-3-5-7-8;4*1-2/h1,3-7H;3*1-2H3;. The van der Waals surface area contributed by atoms with Gasteiger partial charge in [0.05, 0.1) is 0 Å². The SMILES string of the molecule is C#Cc1ccccc1.CC.CC.CC.[C-]#[O+]. The van der Waals surface area contributed by atoms with Gasteiger partial charge >= 0.3 is 11.3 Å². The van der Waals surface area contributed by atoms with Crippen molar-refractivity contribution in [1.82, 2.24) is 0 Å². The molecule has 0 aromatic heterocycles. The van der Waals surface area contributed by atoms with E-state index in [2.05, 4.69) is 12.6 Å². The van der Waals surface area contributed by atoms with Crippen molar-refractivity contribution in [2.24, 2.45) is 0 Å². The third kappa shape index (κ3) is 22.9. The summed E-state index contributed by atoms with van der Waals surface area (Å²) in [7, 11) is 0. The predicted molar refractivity (Wildman–Crippen MR) is 72.4 cm³/mol. The minimum absolute atomic E-state index is 0.938. The summed E-state index contributed by atoms with van der Waals surface area (Å²) < 4.78 is 7.50. The van der Waals surface area contributed by atoms with Crippen LogP contribution in [0.15, 0.2) is 30.3 Å². The van der Waals surface area contributed by atoms with Crippen molar-refractivity contribution in [1.29, 1.82) is 0 Å². The summed E-state index contributed by atoms with van der Waals surface area (Å²) in [6, 6.07) is 9.60. The topological polar surface area (TPSA) is 19.9 Å². The molecule has 1 nitrogen and oxygen atoms in total. The van der Waals surface area contributed by atoms with Crippen molar-refractivity contribution in [2.45, 2.75) is 41.5 Å². The second-order valence-corrected chi connectivity index (χ2v) is 1.51. The van der Waals surface area contributed by atoms with Crippen molar-refractivity contribution < 1.29 is 4.65 Å². The van der Waals surface area contributed by atoms with Crippen LogP contribution in [-0.2, 0) is 4.65 Å². The average Bonchev–Trinajstić information content (AvgIpc) is 2.48. The van der Waals surface area contributed by atoms with E-state index in [4.69, 9.17) is 11.1 Å². The molecule has 0 spiro atoms. The molecule has 0 aliphatic carbocycles. The van der Waals surface area contributed by atoms with Gasteiger partial charge in [-0.1, -0.05) is 65.7 Å². The molecule has 0 atom stereocenters. The first kappa shape index (κ1) is 24.0. The van der Waals surface area contributed by atoms with E-state index in [1.165, 1.54) is 0 Å². The fourth-order valence-electron chi connectivity index (χ4n) is 0.534. The molecule has 16 heavy (non-hydrogen) atoms. The average molecular weight is 220 g/mol. The number of hydrogen-bond acceptors (Lipinski definition) is 0. The van der Waals surface area contributed by atoms with Crippen LogP contribution in [0.4, 0.5) is 0 Å². The normalized spacial score (nSPS) is 5.19. The van der Waals surface area contributed by atoms with Gasteiger partial charge in [0.25, 0.3) is 0 Å². The quantitative estimate of drug-likeness (QED) is 0.343. The predicted octanol–water partition coefficient (Wildman–Crippen LogP) is 4.71. The molecule has 1 aromatic carbocycles. The summed E-state index contributed by atoms with van der Waals surface area (Å²) in [5.74, 6) is 2.53. The van der Waals surface area contributed by atoms with Gasteiger partial charge in [-0.15, -0.1) is 6.42 Å². The van der Waals surface area contributed by atoms with E-state index in [1.807, 2.05) is 71.9 Å². The number of terminal acetylenes is 1. The Morgan fingerprint density at radius 2 is 1.19 bits per heavy atom. The molecule has 0 aliphatic heterocycles. The summed E-state index contributed by atoms with van der Waals surface area (Å²) >= 11 is 0. The van der Waals surface area contributed by atoms with Crippen LogP contribution >= 0.6 is 0 Å². The molecule has 0 amide bonds. The van der Waals surface area contributed by atoms with Crippen LogP contribution in [0.25, 0.3) is 0 Å². The third-order valence-corrected chi connectivity index (χ3v) is 0.940.